The molecule has 144 valence electrons. The molecule has 1 N–H and O–H groups in total. The Kier molecular flexibility index (Phi) is 6.99. The van der Waals surface area contributed by atoms with Gasteiger partial charge in [0.25, 0.3) is 0 Å². The number of hydrogen-bond donors (Lipinski definition) is 1. The third-order valence-electron chi connectivity index (χ3n) is 4.94. The van der Waals surface area contributed by atoms with Gasteiger partial charge in [-0.25, -0.2) is 4.79 Å². The van der Waals surface area contributed by atoms with Crippen molar-refractivity contribution in [1.29, 1.82) is 0 Å². The lowest BCUT2D eigenvalue weighted by Gasteiger charge is -2.34. The molecule has 2 aliphatic rings. The third kappa shape index (κ3) is 4.81. The van der Waals surface area contributed by atoms with E-state index < -0.39 is 6.10 Å². The first kappa shape index (κ1) is 19.3. The Bertz CT molecular complexity index is 568. The Balaban J connectivity index is 1.63. The quantitative estimate of drug-likeness (QED) is 0.419. The predicted molar refractivity (Wildman–Crippen MR) is 93.8 cm³/mol. The number of hydrogen-bond acceptors (Lipinski definition) is 7. The van der Waals surface area contributed by atoms with E-state index in [1.807, 2.05) is 6.07 Å². The summed E-state index contributed by atoms with van der Waals surface area (Å²) in [6, 6.07) is 8.90. The molecular weight excluding hydrogens is 338 g/mol. The van der Waals surface area contributed by atoms with Crippen LogP contribution in [0.4, 0.5) is 0 Å². The Morgan fingerprint density at radius 1 is 1.27 bits per heavy atom. The van der Waals surface area contributed by atoms with Crippen molar-refractivity contribution in [3.63, 3.8) is 0 Å². The largest absolute Gasteiger partial charge is 0.454 e. The number of esters is 1. The fourth-order valence-corrected chi connectivity index (χ4v) is 3.58. The van der Waals surface area contributed by atoms with Crippen molar-refractivity contribution in [2.75, 3.05) is 40.2 Å². The van der Waals surface area contributed by atoms with Crippen LogP contribution in [0.3, 0.4) is 0 Å². The maximum atomic E-state index is 12.5. The van der Waals surface area contributed by atoms with Crippen LogP contribution in [0.15, 0.2) is 30.3 Å². The highest BCUT2D eigenvalue weighted by atomic mass is 16.7. The number of ether oxygens (including phenoxy) is 4. The number of aliphatic hydroxyl groups is 1. The summed E-state index contributed by atoms with van der Waals surface area (Å²) < 4.78 is 22.0. The van der Waals surface area contributed by atoms with Crippen LogP contribution >= 0.6 is 0 Å². The van der Waals surface area contributed by atoms with E-state index in [-0.39, 0.29) is 31.0 Å². The molecule has 2 fully saturated rings. The first-order chi connectivity index (χ1) is 12.7. The van der Waals surface area contributed by atoms with Gasteiger partial charge in [0, 0.05) is 20.2 Å². The highest BCUT2D eigenvalue weighted by Crippen LogP contribution is 2.32. The Hall–Kier alpha value is -1.51. The molecule has 26 heavy (non-hydrogen) atoms. The molecule has 2 heterocycles. The van der Waals surface area contributed by atoms with Crippen LogP contribution in [-0.2, 0) is 18.9 Å². The minimum Gasteiger partial charge on any atom is -0.454 e. The smallest absolute Gasteiger partial charge is 0.338 e. The van der Waals surface area contributed by atoms with Gasteiger partial charge in [0.15, 0.2) is 0 Å². The predicted octanol–water partition coefficient (Wildman–Crippen LogP) is 1.06. The zero-order chi connectivity index (χ0) is 18.4. The van der Waals surface area contributed by atoms with Gasteiger partial charge in [0.2, 0.25) is 0 Å². The van der Waals surface area contributed by atoms with Crippen molar-refractivity contribution < 1.29 is 28.8 Å². The van der Waals surface area contributed by atoms with Gasteiger partial charge in [-0.15, -0.1) is 0 Å². The molecule has 0 saturated carbocycles. The average Bonchev–Trinajstić information content (AvgIpc) is 2.99. The Morgan fingerprint density at radius 2 is 2.08 bits per heavy atom. The zero-order valence-corrected chi connectivity index (χ0v) is 15.1. The highest BCUT2D eigenvalue weighted by Gasteiger charge is 2.47. The lowest BCUT2D eigenvalue weighted by Crippen LogP contribution is -2.46. The van der Waals surface area contributed by atoms with Crippen LogP contribution in [0.1, 0.15) is 23.2 Å². The van der Waals surface area contributed by atoms with E-state index >= 15 is 0 Å². The number of carbonyl (C=O) groups is 1. The van der Waals surface area contributed by atoms with Crippen molar-refractivity contribution in [2.45, 2.75) is 37.2 Å². The second-order valence-corrected chi connectivity index (χ2v) is 6.70. The SMILES string of the molecule is COCCOCO[C@@H]1CN2CC[C@H](O)C[C@H]2[C@@H]1OC(=O)c1ccccc1. The highest BCUT2D eigenvalue weighted by molar-refractivity contribution is 5.89. The van der Waals surface area contributed by atoms with E-state index in [0.29, 0.717) is 31.7 Å². The molecule has 0 radical (unpaired) electrons. The van der Waals surface area contributed by atoms with Gasteiger partial charge in [-0.2, -0.15) is 0 Å². The number of nitrogens with zero attached hydrogens (tertiary/aromatic N) is 1. The van der Waals surface area contributed by atoms with Crippen molar-refractivity contribution in [2.24, 2.45) is 0 Å². The van der Waals surface area contributed by atoms with E-state index in [1.165, 1.54) is 0 Å². The molecule has 3 rings (SSSR count). The summed E-state index contributed by atoms with van der Waals surface area (Å²) >= 11 is 0. The van der Waals surface area contributed by atoms with Crippen LogP contribution in [0, 0.1) is 0 Å². The van der Waals surface area contributed by atoms with Gasteiger partial charge >= 0.3 is 5.97 Å². The molecule has 1 aromatic rings. The topological polar surface area (TPSA) is 77.5 Å². The standard InChI is InChI=1S/C19H27NO6/c1-23-9-10-24-13-25-17-12-20-8-7-15(21)11-16(20)18(17)26-19(22)14-5-3-2-4-6-14/h2-6,15-18,21H,7-13H2,1H3/t15-,16-,17+,18-/m0/s1. The van der Waals surface area contributed by atoms with E-state index in [2.05, 4.69) is 4.90 Å². The minimum absolute atomic E-state index is 0.0320. The molecular formula is C19H27NO6. The van der Waals surface area contributed by atoms with Crippen molar-refractivity contribution in [3.8, 4) is 0 Å². The molecule has 0 spiro atoms. The van der Waals surface area contributed by atoms with Crippen molar-refractivity contribution in [3.05, 3.63) is 35.9 Å². The van der Waals surface area contributed by atoms with E-state index in [9.17, 15) is 9.90 Å². The average molecular weight is 365 g/mol. The van der Waals surface area contributed by atoms with Gasteiger partial charge in [0.05, 0.1) is 30.9 Å². The van der Waals surface area contributed by atoms with E-state index in [4.69, 9.17) is 18.9 Å². The normalized spacial score (nSPS) is 28.7. The number of methoxy groups -OCH3 is 1. The summed E-state index contributed by atoms with van der Waals surface area (Å²) in [5.74, 6) is -0.369. The molecule has 0 aromatic heterocycles. The summed E-state index contributed by atoms with van der Waals surface area (Å²) in [5, 5.41) is 10.0. The van der Waals surface area contributed by atoms with Gasteiger partial charge in [0.1, 0.15) is 19.0 Å². The molecule has 0 aliphatic carbocycles. The number of aliphatic hydroxyl groups excluding tert-OH is 1. The zero-order valence-electron chi connectivity index (χ0n) is 15.1. The summed E-state index contributed by atoms with van der Waals surface area (Å²) in [7, 11) is 1.61. The van der Waals surface area contributed by atoms with Crippen LogP contribution < -0.4 is 0 Å². The second kappa shape index (κ2) is 9.43. The molecule has 2 saturated heterocycles. The van der Waals surface area contributed by atoms with Crippen molar-refractivity contribution >= 4 is 5.97 Å². The van der Waals surface area contributed by atoms with Crippen LogP contribution in [0.2, 0.25) is 0 Å². The summed E-state index contributed by atoms with van der Waals surface area (Å²) in [6.45, 7) is 2.51. The van der Waals surface area contributed by atoms with Crippen molar-refractivity contribution in [1.82, 2.24) is 4.90 Å². The molecule has 0 unspecified atom stereocenters. The number of fused-ring (bicyclic) bond motifs is 1. The van der Waals surface area contributed by atoms with Crippen LogP contribution in [0.25, 0.3) is 0 Å². The number of rotatable bonds is 8. The molecule has 1 aromatic carbocycles. The molecule has 7 nitrogen and oxygen atoms in total. The monoisotopic (exact) mass is 365 g/mol. The Morgan fingerprint density at radius 3 is 2.85 bits per heavy atom. The van der Waals surface area contributed by atoms with Crippen LogP contribution in [0.5, 0.6) is 0 Å². The lowest BCUT2D eigenvalue weighted by molar-refractivity contribution is -0.121. The van der Waals surface area contributed by atoms with Gasteiger partial charge in [-0.05, 0) is 25.0 Å². The minimum atomic E-state index is -0.427. The fourth-order valence-electron chi connectivity index (χ4n) is 3.58. The molecule has 0 bridgehead atoms. The lowest BCUT2D eigenvalue weighted by atomic mass is 9.97. The van der Waals surface area contributed by atoms with Gasteiger partial charge in [-0.1, -0.05) is 18.2 Å². The first-order valence-electron chi connectivity index (χ1n) is 9.05. The van der Waals surface area contributed by atoms with Gasteiger partial charge in [-0.3, -0.25) is 4.90 Å². The summed E-state index contributed by atoms with van der Waals surface area (Å²) in [5.41, 5.74) is 0.511. The number of benzene rings is 1. The molecule has 7 heteroatoms. The molecule has 4 atom stereocenters. The maximum Gasteiger partial charge on any atom is 0.338 e. The van der Waals surface area contributed by atoms with E-state index in [1.54, 1.807) is 31.4 Å². The number of piperidine rings is 1. The summed E-state index contributed by atoms with van der Waals surface area (Å²) in [4.78, 5) is 14.7. The van der Waals surface area contributed by atoms with Crippen LogP contribution in [-0.4, -0.2) is 80.5 Å². The summed E-state index contributed by atoms with van der Waals surface area (Å²) in [6.07, 6.45) is 0.236. The van der Waals surface area contributed by atoms with Gasteiger partial charge < -0.3 is 24.1 Å². The molecule has 0 amide bonds. The van der Waals surface area contributed by atoms with E-state index in [0.717, 1.165) is 13.0 Å². The third-order valence-corrected chi connectivity index (χ3v) is 4.94. The number of carbonyl (C=O) groups excluding carboxylic acids is 1. The maximum absolute atomic E-state index is 12.5. The fraction of sp³-hybridized carbons (Fsp3) is 0.632. The molecule has 2 aliphatic heterocycles. The first-order valence-corrected chi connectivity index (χ1v) is 9.05. The second-order valence-electron chi connectivity index (χ2n) is 6.70. The Labute approximate surface area is 153 Å².